The lowest BCUT2D eigenvalue weighted by Crippen LogP contribution is -2.36. The summed E-state index contributed by atoms with van der Waals surface area (Å²) in [5.74, 6) is 0. The van der Waals surface area contributed by atoms with E-state index in [-0.39, 0.29) is 21.9 Å². The summed E-state index contributed by atoms with van der Waals surface area (Å²) in [5.41, 5.74) is 3.32. The van der Waals surface area contributed by atoms with Gasteiger partial charge in [0.25, 0.3) is 20.0 Å². The molecule has 2 atom stereocenters. The lowest BCUT2D eigenvalue weighted by atomic mass is 10.1. The third kappa shape index (κ3) is 3.28. The van der Waals surface area contributed by atoms with E-state index < -0.39 is 20.0 Å². The number of sulfonamides is 2. The average molecular weight is 519 g/mol. The van der Waals surface area contributed by atoms with Gasteiger partial charge in [-0.25, -0.2) is 16.8 Å². The van der Waals surface area contributed by atoms with Gasteiger partial charge in [0.15, 0.2) is 0 Å². The van der Waals surface area contributed by atoms with Crippen LogP contribution in [0.25, 0.3) is 10.8 Å². The van der Waals surface area contributed by atoms with E-state index in [1.54, 1.807) is 36.4 Å². The minimum atomic E-state index is -3.94. The number of nitrogens with zero attached hydrogens (tertiary/aromatic N) is 2. The fraction of sp³-hybridized carbons (Fsp3) is 0.214. The second-order valence-corrected chi connectivity index (χ2v) is 13.1. The van der Waals surface area contributed by atoms with Crippen LogP contribution in [-0.2, 0) is 32.9 Å². The molecule has 0 radical (unpaired) electrons. The van der Waals surface area contributed by atoms with Crippen LogP contribution in [0, 0.1) is 0 Å². The number of hydrogen-bond acceptors (Lipinski definition) is 4. The van der Waals surface area contributed by atoms with Gasteiger partial charge in [-0.1, -0.05) is 60.7 Å². The van der Waals surface area contributed by atoms with Crippen LogP contribution in [0.2, 0.25) is 0 Å². The highest BCUT2D eigenvalue weighted by Gasteiger charge is 2.39. The summed E-state index contributed by atoms with van der Waals surface area (Å²) in [6, 6.07) is 24.3. The third-order valence-electron chi connectivity index (χ3n) is 7.21. The first-order valence-electron chi connectivity index (χ1n) is 12.0. The quantitative estimate of drug-likeness (QED) is 0.376. The van der Waals surface area contributed by atoms with Crippen LogP contribution in [0.15, 0.2) is 94.7 Å². The van der Waals surface area contributed by atoms with Gasteiger partial charge in [0.2, 0.25) is 0 Å². The fourth-order valence-electron chi connectivity index (χ4n) is 5.72. The van der Waals surface area contributed by atoms with Gasteiger partial charge in [0.05, 0.1) is 21.2 Å². The topological polar surface area (TPSA) is 74.8 Å². The molecule has 0 N–H and O–H groups in total. The molecular weight excluding hydrogens is 492 g/mol. The van der Waals surface area contributed by atoms with Gasteiger partial charge >= 0.3 is 0 Å². The zero-order valence-electron chi connectivity index (χ0n) is 20.0. The Morgan fingerprint density at radius 2 is 0.944 bits per heavy atom. The van der Waals surface area contributed by atoms with Crippen molar-refractivity contribution in [1.29, 1.82) is 0 Å². The maximum atomic E-state index is 14.0. The Bertz CT molecular complexity index is 1600. The van der Waals surface area contributed by atoms with Gasteiger partial charge in [-0.2, -0.15) is 0 Å². The number of hydrogen-bond donors (Lipinski definition) is 0. The van der Waals surface area contributed by atoms with Gasteiger partial charge in [0, 0.05) is 22.9 Å². The molecule has 0 bridgehead atoms. The van der Waals surface area contributed by atoms with E-state index in [4.69, 9.17) is 0 Å². The summed E-state index contributed by atoms with van der Waals surface area (Å²) >= 11 is 0. The van der Waals surface area contributed by atoms with Crippen LogP contribution < -0.4 is 8.61 Å². The lowest BCUT2D eigenvalue weighted by Gasteiger charge is -2.27. The van der Waals surface area contributed by atoms with Gasteiger partial charge in [-0.3, -0.25) is 8.61 Å². The summed E-state index contributed by atoms with van der Waals surface area (Å²) in [5, 5.41) is 0.797. The predicted octanol–water partition coefficient (Wildman–Crippen LogP) is 5.12. The van der Waals surface area contributed by atoms with Gasteiger partial charge in [0.1, 0.15) is 0 Å². The van der Waals surface area contributed by atoms with Crippen molar-refractivity contribution >= 4 is 42.2 Å². The van der Waals surface area contributed by atoms with Crippen LogP contribution in [-0.4, -0.2) is 28.9 Å². The van der Waals surface area contributed by atoms with E-state index in [0.717, 1.165) is 11.1 Å². The molecule has 4 aromatic rings. The van der Waals surface area contributed by atoms with Crippen LogP contribution in [0.4, 0.5) is 11.4 Å². The Hall–Kier alpha value is -3.36. The number of benzene rings is 4. The van der Waals surface area contributed by atoms with Gasteiger partial charge in [-0.05, 0) is 62.1 Å². The minimum absolute atomic E-state index is 0.107. The van der Waals surface area contributed by atoms with Gasteiger partial charge in [-0.15, -0.1) is 0 Å². The Morgan fingerprint density at radius 1 is 0.556 bits per heavy atom. The normalized spacial score (nSPS) is 19.5. The van der Waals surface area contributed by atoms with Gasteiger partial charge < -0.3 is 0 Å². The molecule has 0 amide bonds. The smallest absolute Gasteiger partial charge is 0.263 e. The minimum Gasteiger partial charge on any atom is -0.263 e. The highest BCUT2D eigenvalue weighted by Crippen LogP contribution is 2.41. The van der Waals surface area contributed by atoms with Crippen molar-refractivity contribution in [3.63, 3.8) is 0 Å². The van der Waals surface area contributed by atoms with E-state index in [2.05, 4.69) is 0 Å². The summed E-state index contributed by atoms with van der Waals surface area (Å²) in [6.07, 6.45) is 1.26. The average Bonchev–Trinajstić information content (AvgIpc) is 3.38. The molecule has 184 valence electrons. The first kappa shape index (κ1) is 23.1. The summed E-state index contributed by atoms with van der Waals surface area (Å²) < 4.78 is 59.0. The van der Waals surface area contributed by atoms with Crippen LogP contribution in [0.5, 0.6) is 0 Å². The maximum Gasteiger partial charge on any atom is 0.265 e. The molecule has 6 nitrogen and oxygen atoms in total. The van der Waals surface area contributed by atoms with Crippen molar-refractivity contribution in [2.45, 2.75) is 48.6 Å². The zero-order valence-corrected chi connectivity index (χ0v) is 21.6. The SMILES string of the molecule is CC1Cc2ccccc2N1S(=O)(=O)c1cccc2c(S(=O)(=O)N3c4ccccc4CC3C)cccc12. The Morgan fingerprint density at radius 3 is 1.36 bits per heavy atom. The number of fused-ring (bicyclic) bond motifs is 3. The van der Waals surface area contributed by atoms with E-state index in [0.29, 0.717) is 35.0 Å². The van der Waals surface area contributed by atoms with Crippen LogP contribution in [0.1, 0.15) is 25.0 Å². The summed E-state index contributed by atoms with van der Waals surface area (Å²) in [4.78, 5) is 0.214. The van der Waals surface area contributed by atoms with Crippen molar-refractivity contribution < 1.29 is 16.8 Å². The van der Waals surface area contributed by atoms with E-state index in [9.17, 15) is 16.8 Å². The first-order valence-corrected chi connectivity index (χ1v) is 14.9. The molecule has 0 fully saturated rings. The summed E-state index contributed by atoms with van der Waals surface area (Å²) in [7, 11) is -7.89. The predicted molar refractivity (Wildman–Crippen MR) is 142 cm³/mol. The molecule has 0 aromatic heterocycles. The second kappa shape index (κ2) is 8.08. The molecule has 0 saturated heterocycles. The molecule has 6 rings (SSSR count). The number of rotatable bonds is 4. The number of anilines is 2. The third-order valence-corrected chi connectivity index (χ3v) is 11.2. The summed E-state index contributed by atoms with van der Waals surface area (Å²) in [6.45, 7) is 3.79. The Labute approximate surface area is 211 Å². The molecule has 36 heavy (non-hydrogen) atoms. The van der Waals surface area contributed by atoms with E-state index in [1.807, 2.05) is 62.4 Å². The monoisotopic (exact) mass is 518 g/mol. The van der Waals surface area contributed by atoms with Crippen molar-refractivity contribution in [3.05, 3.63) is 96.1 Å². The molecule has 8 heteroatoms. The van der Waals surface area contributed by atoms with E-state index >= 15 is 0 Å². The molecule has 4 aromatic carbocycles. The zero-order chi connectivity index (χ0) is 25.2. The highest BCUT2D eigenvalue weighted by molar-refractivity contribution is 7.93. The number of para-hydroxylation sites is 2. The van der Waals surface area contributed by atoms with Crippen LogP contribution in [0.3, 0.4) is 0 Å². The Balaban J connectivity index is 1.52. The van der Waals surface area contributed by atoms with Crippen molar-refractivity contribution in [1.82, 2.24) is 0 Å². The Kier molecular flexibility index (Phi) is 5.18. The largest absolute Gasteiger partial charge is 0.265 e. The highest BCUT2D eigenvalue weighted by atomic mass is 32.2. The van der Waals surface area contributed by atoms with Crippen molar-refractivity contribution in [2.75, 3.05) is 8.61 Å². The van der Waals surface area contributed by atoms with E-state index in [1.165, 1.54) is 8.61 Å². The lowest BCUT2D eigenvalue weighted by molar-refractivity contribution is 0.582. The molecule has 0 saturated carbocycles. The van der Waals surface area contributed by atoms with Crippen molar-refractivity contribution in [2.24, 2.45) is 0 Å². The standard InChI is InChI=1S/C28H26N2O4S2/c1-19-17-21-9-3-5-13-25(21)29(19)35(31,32)27-15-7-12-24-23(27)11-8-16-28(24)36(33,34)30-20(2)18-22-10-4-6-14-26(22)30/h3-16,19-20H,17-18H2,1-2H3. The molecule has 2 unspecified atom stereocenters. The maximum absolute atomic E-state index is 14.0. The van der Waals surface area contributed by atoms with Crippen molar-refractivity contribution in [3.8, 4) is 0 Å². The molecule has 2 heterocycles. The first-order chi connectivity index (χ1) is 17.2. The second-order valence-electron chi connectivity index (χ2n) is 9.57. The fourth-order valence-corrected chi connectivity index (χ4v) is 9.53. The van der Waals surface area contributed by atoms with Crippen LogP contribution >= 0.6 is 0 Å². The molecule has 2 aliphatic heterocycles. The molecular formula is C28H26N2O4S2. The molecule has 0 spiro atoms. The molecule has 0 aliphatic carbocycles. The molecule has 2 aliphatic rings.